The fourth-order valence-corrected chi connectivity index (χ4v) is 1.55. The molecular formula is C13H11NO4. The summed E-state index contributed by atoms with van der Waals surface area (Å²) in [5, 5.41) is 8.42. The van der Waals surface area contributed by atoms with Crippen LogP contribution in [-0.2, 0) is 11.8 Å². The molecule has 1 N–H and O–H groups in total. The van der Waals surface area contributed by atoms with Crippen LogP contribution in [-0.4, -0.2) is 15.6 Å². The number of fused-ring (bicyclic) bond motifs is 1. The van der Waals surface area contributed by atoms with Gasteiger partial charge in [-0.25, -0.2) is 9.59 Å². The summed E-state index contributed by atoms with van der Waals surface area (Å²) in [6.07, 6.45) is 5.84. The monoisotopic (exact) mass is 245 g/mol. The Morgan fingerprint density at radius 2 is 2.17 bits per heavy atom. The van der Waals surface area contributed by atoms with Crippen molar-refractivity contribution in [2.75, 3.05) is 0 Å². The lowest BCUT2D eigenvalue weighted by molar-refractivity contribution is -0.131. The van der Waals surface area contributed by atoms with E-state index in [4.69, 9.17) is 9.52 Å². The van der Waals surface area contributed by atoms with E-state index >= 15 is 0 Å². The van der Waals surface area contributed by atoms with Crippen LogP contribution in [0, 0.1) is 0 Å². The Bertz CT molecular complexity index is 703. The summed E-state index contributed by atoms with van der Waals surface area (Å²) in [5.41, 5.74) is 2.08. The summed E-state index contributed by atoms with van der Waals surface area (Å²) >= 11 is 0. The van der Waals surface area contributed by atoms with Crippen LogP contribution in [0.4, 0.5) is 0 Å². The molecule has 0 fully saturated rings. The van der Waals surface area contributed by atoms with Gasteiger partial charge in [0.15, 0.2) is 5.58 Å². The lowest BCUT2D eigenvalue weighted by Crippen LogP contribution is -2.08. The smallest absolute Gasteiger partial charge is 0.419 e. The summed E-state index contributed by atoms with van der Waals surface area (Å²) in [6, 6.07) is 5.29. The molecule has 0 spiro atoms. The van der Waals surface area contributed by atoms with Crippen LogP contribution in [0.25, 0.3) is 17.2 Å². The fraction of sp³-hybridized carbons (Fsp3) is 0.0769. The topological polar surface area (TPSA) is 72.4 Å². The summed E-state index contributed by atoms with van der Waals surface area (Å²) < 4.78 is 6.42. The van der Waals surface area contributed by atoms with Crippen LogP contribution < -0.4 is 5.76 Å². The number of aryl methyl sites for hydroxylation is 1. The van der Waals surface area contributed by atoms with E-state index in [9.17, 15) is 9.59 Å². The maximum absolute atomic E-state index is 11.3. The van der Waals surface area contributed by atoms with Gasteiger partial charge in [0.25, 0.3) is 0 Å². The first-order chi connectivity index (χ1) is 8.58. The molecule has 0 saturated carbocycles. The fourth-order valence-electron chi connectivity index (χ4n) is 1.55. The van der Waals surface area contributed by atoms with Crippen LogP contribution >= 0.6 is 0 Å². The molecule has 1 aromatic carbocycles. The van der Waals surface area contributed by atoms with Gasteiger partial charge in [0, 0.05) is 13.1 Å². The van der Waals surface area contributed by atoms with Crippen molar-refractivity contribution >= 4 is 23.1 Å². The van der Waals surface area contributed by atoms with E-state index in [-0.39, 0.29) is 0 Å². The summed E-state index contributed by atoms with van der Waals surface area (Å²) in [7, 11) is 1.63. The number of carboxylic acids is 1. The second-order valence-corrected chi connectivity index (χ2v) is 3.71. The van der Waals surface area contributed by atoms with E-state index in [0.29, 0.717) is 11.1 Å². The average Bonchev–Trinajstić information content (AvgIpc) is 2.61. The van der Waals surface area contributed by atoms with Crippen LogP contribution in [0.15, 0.2) is 45.6 Å². The van der Waals surface area contributed by atoms with Crippen molar-refractivity contribution in [3.8, 4) is 0 Å². The molecule has 0 radical (unpaired) electrons. The van der Waals surface area contributed by atoms with Gasteiger partial charge in [-0.2, -0.15) is 0 Å². The third-order valence-electron chi connectivity index (χ3n) is 2.45. The Balaban J connectivity index is 2.33. The zero-order valence-electron chi connectivity index (χ0n) is 9.66. The number of aliphatic carboxylic acids is 1. The molecule has 0 unspecified atom stereocenters. The normalized spacial score (nSPS) is 11.8. The maximum atomic E-state index is 11.3. The van der Waals surface area contributed by atoms with E-state index in [1.807, 2.05) is 0 Å². The van der Waals surface area contributed by atoms with E-state index in [1.165, 1.54) is 10.6 Å². The SMILES string of the molecule is Cn1c(=O)oc2ccc(/C=C/C=C/C(=O)O)cc21. The number of allylic oxidation sites excluding steroid dienone is 2. The Labute approximate surface area is 102 Å². The molecule has 18 heavy (non-hydrogen) atoms. The van der Waals surface area contributed by atoms with Crippen molar-refractivity contribution in [2.24, 2.45) is 7.05 Å². The molecule has 0 aliphatic rings. The lowest BCUT2D eigenvalue weighted by atomic mass is 10.2. The second kappa shape index (κ2) is 4.75. The minimum absolute atomic E-state index is 0.406. The van der Waals surface area contributed by atoms with Crippen molar-refractivity contribution in [3.05, 3.63) is 52.5 Å². The molecule has 2 aromatic rings. The van der Waals surface area contributed by atoms with Crippen molar-refractivity contribution in [2.45, 2.75) is 0 Å². The van der Waals surface area contributed by atoms with Crippen molar-refractivity contribution in [1.29, 1.82) is 0 Å². The number of hydrogen-bond donors (Lipinski definition) is 1. The number of nitrogens with zero attached hydrogens (tertiary/aromatic N) is 1. The molecule has 1 heterocycles. The molecule has 0 bridgehead atoms. The summed E-state index contributed by atoms with van der Waals surface area (Å²) in [5.74, 6) is -1.40. The van der Waals surface area contributed by atoms with Crippen LogP contribution in [0.2, 0.25) is 0 Å². The first-order valence-corrected chi connectivity index (χ1v) is 5.25. The quantitative estimate of drug-likeness (QED) is 0.661. The van der Waals surface area contributed by atoms with Crippen molar-refractivity contribution < 1.29 is 14.3 Å². The van der Waals surface area contributed by atoms with Gasteiger partial charge >= 0.3 is 11.7 Å². The minimum Gasteiger partial charge on any atom is -0.478 e. The van der Waals surface area contributed by atoms with Gasteiger partial charge in [-0.15, -0.1) is 0 Å². The number of aromatic nitrogens is 1. The van der Waals surface area contributed by atoms with E-state index < -0.39 is 11.7 Å². The molecule has 5 nitrogen and oxygen atoms in total. The second-order valence-electron chi connectivity index (χ2n) is 3.71. The highest BCUT2D eigenvalue weighted by atomic mass is 16.4. The number of rotatable bonds is 3. The summed E-state index contributed by atoms with van der Waals surface area (Å²) in [4.78, 5) is 21.5. The molecule has 0 aliphatic carbocycles. The molecule has 5 heteroatoms. The molecule has 2 rings (SSSR count). The predicted molar refractivity (Wildman–Crippen MR) is 67.3 cm³/mol. The Morgan fingerprint density at radius 3 is 2.89 bits per heavy atom. The number of benzene rings is 1. The highest BCUT2D eigenvalue weighted by molar-refractivity contribution is 5.80. The number of oxazole rings is 1. The van der Waals surface area contributed by atoms with Crippen molar-refractivity contribution in [1.82, 2.24) is 4.57 Å². The third-order valence-corrected chi connectivity index (χ3v) is 2.45. The highest BCUT2D eigenvalue weighted by Gasteiger charge is 2.04. The van der Waals surface area contributed by atoms with Gasteiger partial charge in [-0.3, -0.25) is 4.57 Å². The standard InChI is InChI=1S/C13H11NO4/c1-14-10-8-9(4-2-3-5-12(15)16)6-7-11(10)18-13(14)17/h2-8H,1H3,(H,15,16)/b4-2+,5-3+. The Hall–Kier alpha value is -2.56. The zero-order chi connectivity index (χ0) is 13.1. The van der Waals surface area contributed by atoms with E-state index in [2.05, 4.69) is 0 Å². The van der Waals surface area contributed by atoms with E-state index in [0.717, 1.165) is 11.6 Å². The average molecular weight is 245 g/mol. The first kappa shape index (κ1) is 11.9. The van der Waals surface area contributed by atoms with Crippen molar-refractivity contribution in [3.63, 3.8) is 0 Å². The predicted octanol–water partition coefficient (Wildman–Crippen LogP) is 1.79. The molecule has 0 aliphatic heterocycles. The Morgan fingerprint density at radius 1 is 1.39 bits per heavy atom. The van der Waals surface area contributed by atoms with E-state index in [1.54, 1.807) is 37.4 Å². The molecule has 0 amide bonds. The number of carboxylic acid groups (broad SMARTS) is 1. The number of hydrogen-bond acceptors (Lipinski definition) is 3. The zero-order valence-corrected chi connectivity index (χ0v) is 9.66. The van der Waals surface area contributed by atoms with Crippen LogP contribution in [0.3, 0.4) is 0 Å². The molecule has 92 valence electrons. The summed E-state index contributed by atoms with van der Waals surface area (Å²) in [6.45, 7) is 0. The van der Waals surface area contributed by atoms with Gasteiger partial charge in [-0.1, -0.05) is 24.3 Å². The molecular weight excluding hydrogens is 234 g/mol. The number of carbonyl (C=O) groups is 1. The van der Waals surface area contributed by atoms with Crippen LogP contribution in [0.5, 0.6) is 0 Å². The first-order valence-electron chi connectivity index (χ1n) is 5.25. The molecule has 0 saturated heterocycles. The highest BCUT2D eigenvalue weighted by Crippen LogP contribution is 2.15. The van der Waals surface area contributed by atoms with Crippen LogP contribution in [0.1, 0.15) is 5.56 Å². The van der Waals surface area contributed by atoms with Gasteiger partial charge in [-0.05, 0) is 17.7 Å². The third kappa shape index (κ3) is 2.40. The van der Waals surface area contributed by atoms with Gasteiger partial charge < -0.3 is 9.52 Å². The minimum atomic E-state index is -0.993. The van der Waals surface area contributed by atoms with Gasteiger partial charge in [0.1, 0.15) is 0 Å². The lowest BCUT2D eigenvalue weighted by Gasteiger charge is -1.94. The largest absolute Gasteiger partial charge is 0.478 e. The van der Waals surface area contributed by atoms with Gasteiger partial charge in [0.05, 0.1) is 5.52 Å². The maximum Gasteiger partial charge on any atom is 0.419 e. The molecule has 0 atom stereocenters. The van der Waals surface area contributed by atoms with Gasteiger partial charge in [0.2, 0.25) is 0 Å². The Kier molecular flexibility index (Phi) is 3.14. The molecule has 1 aromatic heterocycles.